The maximum Gasteiger partial charge on any atom is 0.314 e. The van der Waals surface area contributed by atoms with Crippen LogP contribution < -0.4 is 5.73 Å². The molecule has 2 aromatic rings. The fourth-order valence-electron chi connectivity index (χ4n) is 4.70. The Labute approximate surface area is 253 Å². The lowest BCUT2D eigenvalue weighted by molar-refractivity contribution is -0.117. The molecule has 2 aliphatic rings. The van der Waals surface area contributed by atoms with E-state index in [1.807, 2.05) is 16.8 Å². The molecule has 0 atom stereocenters. The van der Waals surface area contributed by atoms with Crippen molar-refractivity contribution in [1.82, 2.24) is 34.8 Å². The number of likely N-dealkylation sites (N-methyl/N-ethyl adjacent to an activating group) is 1. The molecule has 4 rings (SSSR count). The van der Waals surface area contributed by atoms with E-state index in [4.69, 9.17) is 20.3 Å². The first-order valence-corrected chi connectivity index (χ1v) is 13.9. The number of hydrogen-bond donors (Lipinski definition) is 2. The predicted molar refractivity (Wildman–Crippen MR) is 157 cm³/mol. The summed E-state index contributed by atoms with van der Waals surface area (Å²) in [6, 6.07) is 3.30. The number of allylic oxidation sites excluding steroid dienone is 3. The Hall–Kier alpha value is -4.34. The fourth-order valence-corrected chi connectivity index (χ4v) is 4.70. The van der Waals surface area contributed by atoms with E-state index < -0.39 is 18.1 Å². The Morgan fingerprint density at radius 1 is 1.25 bits per heavy atom. The summed E-state index contributed by atoms with van der Waals surface area (Å²) in [4.78, 5) is 24.1. The van der Waals surface area contributed by atoms with Crippen LogP contribution in [0.1, 0.15) is 18.0 Å². The van der Waals surface area contributed by atoms with E-state index >= 15 is 4.39 Å². The number of halogens is 3. The van der Waals surface area contributed by atoms with Crippen molar-refractivity contribution in [2.24, 2.45) is 5.73 Å². The number of amides is 1. The predicted octanol–water partition coefficient (Wildman–Crippen LogP) is 2.72. The molecule has 0 bridgehead atoms. The first-order chi connectivity index (χ1) is 21.3. The van der Waals surface area contributed by atoms with Crippen molar-refractivity contribution >= 4 is 12.6 Å². The number of hydrogen-bond acceptors (Lipinski definition) is 11. The number of rotatable bonds is 15. The van der Waals surface area contributed by atoms with Crippen LogP contribution in [0.2, 0.25) is 0 Å². The Morgan fingerprint density at radius 2 is 2.00 bits per heavy atom. The molecule has 4 heterocycles. The molecule has 0 aliphatic carbocycles. The Bertz CT molecular complexity index is 1380. The average molecular weight is 616 g/mol. The molecule has 12 nitrogen and oxygen atoms in total. The van der Waals surface area contributed by atoms with Crippen molar-refractivity contribution in [2.45, 2.75) is 19.0 Å². The zero-order valence-electron chi connectivity index (χ0n) is 24.4. The third-order valence-corrected chi connectivity index (χ3v) is 7.43. The molecule has 0 saturated carbocycles. The molecule has 2 fully saturated rings. The van der Waals surface area contributed by atoms with E-state index in [-0.39, 0.29) is 25.0 Å². The van der Waals surface area contributed by atoms with Crippen LogP contribution in [0.5, 0.6) is 0 Å². The highest BCUT2D eigenvalue weighted by molar-refractivity contribution is 5.75. The molecule has 0 radical (unpaired) electrons. The van der Waals surface area contributed by atoms with E-state index in [0.29, 0.717) is 80.6 Å². The van der Waals surface area contributed by atoms with E-state index in [1.54, 1.807) is 12.1 Å². The van der Waals surface area contributed by atoms with Gasteiger partial charge in [-0.3, -0.25) is 19.6 Å². The van der Waals surface area contributed by atoms with Crippen molar-refractivity contribution in [2.75, 3.05) is 59.5 Å². The maximum absolute atomic E-state index is 15.9. The van der Waals surface area contributed by atoms with Crippen LogP contribution in [-0.2, 0) is 16.1 Å². The van der Waals surface area contributed by atoms with Crippen molar-refractivity contribution < 1.29 is 27.1 Å². The van der Waals surface area contributed by atoms with Crippen molar-refractivity contribution in [3.05, 3.63) is 77.6 Å². The molecular weight excluding hydrogens is 579 g/mol. The number of nitrogens with one attached hydrogen (secondary N) is 1. The van der Waals surface area contributed by atoms with E-state index in [0.717, 1.165) is 0 Å². The van der Waals surface area contributed by atoms with Crippen molar-refractivity contribution in [1.29, 1.82) is 5.41 Å². The van der Waals surface area contributed by atoms with Crippen LogP contribution >= 0.6 is 0 Å². The van der Waals surface area contributed by atoms with E-state index in [1.165, 1.54) is 35.7 Å². The Kier molecular flexibility index (Phi) is 11.4. The lowest BCUT2D eigenvalue weighted by atomic mass is 10.1. The number of piperazine rings is 1. The highest BCUT2D eigenvalue weighted by Gasteiger charge is 2.26. The van der Waals surface area contributed by atoms with E-state index in [9.17, 15) is 13.6 Å². The number of nitrogens with two attached hydrogens (primary N) is 1. The summed E-state index contributed by atoms with van der Waals surface area (Å²) >= 11 is 0. The number of carbonyl (C=O) groups is 1. The number of ether oxygens (including phenoxy) is 1. The normalized spacial score (nSPS) is 17.5. The van der Waals surface area contributed by atoms with Crippen LogP contribution in [0.15, 0.2) is 70.5 Å². The van der Waals surface area contributed by atoms with Crippen LogP contribution in [0.3, 0.4) is 0 Å². The van der Waals surface area contributed by atoms with Gasteiger partial charge in [0.2, 0.25) is 12.3 Å². The summed E-state index contributed by atoms with van der Waals surface area (Å²) in [5.74, 6) is -1.43. The molecular formula is C29H36F3N9O3. The summed E-state index contributed by atoms with van der Waals surface area (Å²) in [5.41, 5.74) is 7.79. The number of pyridine rings is 1. The molecule has 2 aliphatic heterocycles. The minimum atomic E-state index is -2.89. The second-order valence-corrected chi connectivity index (χ2v) is 10.3. The molecule has 2 aromatic heterocycles. The molecule has 3 N–H and O–H groups in total. The average Bonchev–Trinajstić information content (AvgIpc) is 3.50. The Balaban J connectivity index is 1.53. The standard InChI is InChI=1S/C29H36F3N9O3/c1-3-26(40-8-6-39(7-9-40)14-20(11-33)12-34)25(30)10-23(16-38(2)24-17-43-18-24)41(19-42)15-22-5-4-21(13-35-22)28-36-37-29(44-28)27(31)32/h3-5,10-13,19,24,27,33H,1,6-9,14-18,34H2,2H3/b20-12+,23-10+,26-25-,33-11?. The van der Waals surface area contributed by atoms with Crippen LogP contribution in [-0.4, -0.2) is 113 Å². The van der Waals surface area contributed by atoms with Gasteiger partial charge < -0.3 is 30.1 Å². The molecule has 0 aromatic carbocycles. The Morgan fingerprint density at radius 3 is 2.52 bits per heavy atom. The summed E-state index contributed by atoms with van der Waals surface area (Å²) < 4.78 is 51.9. The van der Waals surface area contributed by atoms with Gasteiger partial charge in [-0.1, -0.05) is 6.58 Å². The minimum absolute atomic E-state index is 0.0239. The third kappa shape index (κ3) is 8.18. The number of carbonyl (C=O) groups excluding carboxylic acids is 1. The smallest absolute Gasteiger partial charge is 0.314 e. The fraction of sp³-hybridized carbons (Fsp3) is 0.414. The van der Waals surface area contributed by atoms with Crippen molar-refractivity contribution in [3.8, 4) is 11.5 Å². The molecule has 2 saturated heterocycles. The topological polar surface area (TPSA) is 141 Å². The summed E-state index contributed by atoms with van der Waals surface area (Å²) in [7, 11) is 1.88. The first kappa shape index (κ1) is 32.6. The molecule has 0 unspecified atom stereocenters. The second kappa shape index (κ2) is 15.4. The molecule has 236 valence electrons. The quantitative estimate of drug-likeness (QED) is 0.175. The number of aromatic nitrogens is 3. The van der Waals surface area contributed by atoms with Gasteiger partial charge in [0.25, 0.3) is 5.89 Å². The number of nitrogens with zero attached hydrogens (tertiary/aromatic N) is 7. The highest BCUT2D eigenvalue weighted by atomic mass is 19.3. The maximum atomic E-state index is 15.9. The molecule has 15 heteroatoms. The van der Waals surface area contributed by atoms with Gasteiger partial charge in [-0.2, -0.15) is 8.78 Å². The van der Waals surface area contributed by atoms with Gasteiger partial charge >= 0.3 is 6.43 Å². The van der Waals surface area contributed by atoms with Gasteiger partial charge in [0.15, 0.2) is 0 Å². The van der Waals surface area contributed by atoms with Crippen LogP contribution in [0.4, 0.5) is 13.2 Å². The highest BCUT2D eigenvalue weighted by Crippen LogP contribution is 2.24. The number of alkyl halides is 2. The van der Waals surface area contributed by atoms with Gasteiger partial charge in [0.05, 0.1) is 42.8 Å². The third-order valence-electron chi connectivity index (χ3n) is 7.43. The SMILES string of the molecule is C=C/C(=C(F)\C=C(/CN(C)C1COC1)N(C=O)Cc1ccc(-c2nnc(C(F)F)o2)cn1)N1CCN(C/C(C=N)=C/N)CC1. The summed E-state index contributed by atoms with van der Waals surface area (Å²) in [6.45, 7) is 8.10. The van der Waals surface area contributed by atoms with Gasteiger partial charge in [-0.05, 0) is 43.1 Å². The summed E-state index contributed by atoms with van der Waals surface area (Å²) in [6.07, 6.45) is 4.55. The van der Waals surface area contributed by atoms with Crippen LogP contribution in [0, 0.1) is 5.41 Å². The lowest BCUT2D eigenvalue weighted by Gasteiger charge is -2.37. The second-order valence-electron chi connectivity index (χ2n) is 10.3. The molecule has 1 amide bonds. The first-order valence-electron chi connectivity index (χ1n) is 13.9. The van der Waals surface area contributed by atoms with E-state index in [2.05, 4.69) is 26.7 Å². The zero-order chi connectivity index (χ0) is 31.6. The van der Waals surface area contributed by atoms with Crippen molar-refractivity contribution in [3.63, 3.8) is 0 Å². The van der Waals surface area contributed by atoms with Gasteiger partial charge in [0, 0.05) is 57.4 Å². The molecule has 44 heavy (non-hydrogen) atoms. The summed E-state index contributed by atoms with van der Waals surface area (Å²) in [5, 5.41) is 14.4. The minimum Gasteiger partial charge on any atom is -0.415 e. The monoisotopic (exact) mass is 615 g/mol. The van der Waals surface area contributed by atoms with Gasteiger partial charge in [0.1, 0.15) is 5.83 Å². The van der Waals surface area contributed by atoms with Gasteiger partial charge in [-0.25, -0.2) is 4.39 Å². The zero-order valence-corrected chi connectivity index (χ0v) is 24.4. The lowest BCUT2D eigenvalue weighted by Crippen LogP contribution is -2.48. The largest absolute Gasteiger partial charge is 0.415 e. The van der Waals surface area contributed by atoms with Crippen LogP contribution in [0.25, 0.3) is 11.5 Å². The molecule has 0 spiro atoms. The van der Waals surface area contributed by atoms with Gasteiger partial charge in [-0.15, -0.1) is 10.2 Å².